The number of carbonyl (C=O) groups excluding carboxylic acids is 1. The van der Waals surface area contributed by atoms with Crippen molar-refractivity contribution in [3.63, 3.8) is 0 Å². The Hall–Kier alpha value is -2.93. The third kappa shape index (κ3) is 3.13. The van der Waals surface area contributed by atoms with Gasteiger partial charge in [0.05, 0.1) is 24.8 Å². The number of aliphatic hydroxyl groups excluding tert-OH is 1. The predicted octanol–water partition coefficient (Wildman–Crippen LogP) is 1.98. The topological polar surface area (TPSA) is 88.8 Å². The fourth-order valence-corrected chi connectivity index (χ4v) is 3.35. The molecule has 1 amide bonds. The molecule has 7 heteroatoms. The zero-order valence-corrected chi connectivity index (χ0v) is 14.4. The highest BCUT2D eigenvalue weighted by Gasteiger charge is 2.36. The van der Waals surface area contributed by atoms with Crippen molar-refractivity contribution in [2.75, 3.05) is 7.11 Å². The first-order valence-electron chi connectivity index (χ1n) is 8.55. The number of fused-ring (bicyclic) bond motifs is 1. The second kappa shape index (κ2) is 6.76. The van der Waals surface area contributed by atoms with Gasteiger partial charge in [-0.15, -0.1) is 0 Å². The molecule has 0 aliphatic heterocycles. The van der Waals surface area contributed by atoms with E-state index in [1.807, 2.05) is 16.5 Å². The van der Waals surface area contributed by atoms with E-state index in [-0.39, 0.29) is 24.0 Å². The highest BCUT2D eigenvalue weighted by molar-refractivity contribution is 5.94. The van der Waals surface area contributed by atoms with Gasteiger partial charge in [0.1, 0.15) is 5.65 Å². The minimum absolute atomic E-state index is 0.164. The molecular formula is C19H20N4O3. The largest absolute Gasteiger partial charge is 0.481 e. The number of aromatic nitrogens is 3. The van der Waals surface area contributed by atoms with Crippen LogP contribution in [-0.2, 0) is 0 Å². The average molecular weight is 352 g/mol. The summed E-state index contributed by atoms with van der Waals surface area (Å²) in [5, 5.41) is 12.8. The fourth-order valence-electron chi connectivity index (χ4n) is 3.35. The number of pyridine rings is 2. The predicted molar refractivity (Wildman–Crippen MR) is 94.9 cm³/mol. The van der Waals surface area contributed by atoms with Crippen LogP contribution in [0.3, 0.4) is 0 Å². The summed E-state index contributed by atoms with van der Waals surface area (Å²) in [6, 6.07) is 7.05. The second-order valence-corrected chi connectivity index (χ2v) is 6.58. The molecule has 3 aromatic rings. The Kier molecular flexibility index (Phi) is 4.30. The molecule has 0 bridgehead atoms. The third-order valence-electron chi connectivity index (χ3n) is 4.89. The van der Waals surface area contributed by atoms with Crippen LogP contribution in [0.15, 0.2) is 49.1 Å². The van der Waals surface area contributed by atoms with E-state index >= 15 is 0 Å². The molecule has 26 heavy (non-hydrogen) atoms. The second-order valence-electron chi connectivity index (χ2n) is 6.58. The van der Waals surface area contributed by atoms with Gasteiger partial charge in [-0.25, -0.2) is 9.97 Å². The van der Waals surface area contributed by atoms with E-state index in [2.05, 4.69) is 15.3 Å². The summed E-state index contributed by atoms with van der Waals surface area (Å²) in [7, 11) is 1.57. The Morgan fingerprint density at radius 3 is 2.85 bits per heavy atom. The number of methoxy groups -OCH3 is 1. The molecule has 1 fully saturated rings. The fraction of sp³-hybridized carbons (Fsp3) is 0.316. The summed E-state index contributed by atoms with van der Waals surface area (Å²) in [6.45, 7) is 0. The van der Waals surface area contributed by atoms with Gasteiger partial charge in [-0.3, -0.25) is 4.79 Å². The van der Waals surface area contributed by atoms with Crippen LogP contribution in [0.4, 0.5) is 0 Å². The molecule has 1 saturated carbocycles. The first-order chi connectivity index (χ1) is 12.6. The van der Waals surface area contributed by atoms with Crippen LogP contribution in [0, 0.1) is 5.92 Å². The minimum atomic E-state index is -0.298. The lowest BCUT2D eigenvalue weighted by Crippen LogP contribution is -2.41. The number of nitrogens with zero attached hydrogens (tertiary/aromatic N) is 3. The smallest absolute Gasteiger partial charge is 0.253 e. The van der Waals surface area contributed by atoms with Gasteiger partial charge in [0, 0.05) is 30.9 Å². The standard InChI is InChI=1S/C19H20N4O3/c1-26-17-5-3-12(10-21-17)18(14-8-15(24)9-14)22-19(25)13-2-4-16-20-6-7-23(16)11-13/h2-7,10-11,14-15,18,24H,8-9H2,1H3,(H,22,25). The maximum Gasteiger partial charge on any atom is 0.253 e. The quantitative estimate of drug-likeness (QED) is 0.733. The SMILES string of the molecule is COc1ccc(C(NC(=O)c2ccc3nccn3c2)C2CC(O)C2)cn1. The van der Waals surface area contributed by atoms with Crippen molar-refractivity contribution >= 4 is 11.6 Å². The highest BCUT2D eigenvalue weighted by Crippen LogP contribution is 2.38. The first-order valence-corrected chi connectivity index (χ1v) is 8.55. The summed E-state index contributed by atoms with van der Waals surface area (Å²) >= 11 is 0. The van der Waals surface area contributed by atoms with E-state index < -0.39 is 0 Å². The number of nitrogens with one attached hydrogen (secondary N) is 1. The lowest BCUT2D eigenvalue weighted by atomic mass is 9.75. The van der Waals surface area contributed by atoms with Crippen molar-refractivity contribution in [3.05, 3.63) is 60.2 Å². The Bertz CT molecular complexity index is 916. The molecule has 1 aliphatic rings. The number of aliphatic hydroxyl groups is 1. The van der Waals surface area contributed by atoms with E-state index in [4.69, 9.17) is 4.74 Å². The zero-order valence-electron chi connectivity index (χ0n) is 14.4. The molecule has 1 unspecified atom stereocenters. The molecule has 0 saturated heterocycles. The maximum atomic E-state index is 12.8. The summed E-state index contributed by atoms with van der Waals surface area (Å²) in [4.78, 5) is 21.2. The normalized spacial score (nSPS) is 20.4. The van der Waals surface area contributed by atoms with Crippen LogP contribution in [-0.4, -0.2) is 38.6 Å². The van der Waals surface area contributed by atoms with Crippen molar-refractivity contribution < 1.29 is 14.6 Å². The van der Waals surface area contributed by atoms with Crippen molar-refractivity contribution in [1.29, 1.82) is 0 Å². The molecule has 134 valence electrons. The van der Waals surface area contributed by atoms with Crippen LogP contribution >= 0.6 is 0 Å². The third-order valence-corrected chi connectivity index (χ3v) is 4.89. The minimum Gasteiger partial charge on any atom is -0.481 e. The van der Waals surface area contributed by atoms with Crippen LogP contribution < -0.4 is 10.1 Å². The number of hydrogen-bond donors (Lipinski definition) is 2. The molecule has 0 spiro atoms. The van der Waals surface area contributed by atoms with Gasteiger partial charge in [-0.1, -0.05) is 6.07 Å². The first kappa shape index (κ1) is 16.5. The van der Waals surface area contributed by atoms with Gasteiger partial charge in [0.15, 0.2) is 0 Å². The van der Waals surface area contributed by atoms with Crippen molar-refractivity contribution in [2.24, 2.45) is 5.92 Å². The van der Waals surface area contributed by atoms with Gasteiger partial charge in [-0.05, 0) is 36.5 Å². The maximum absolute atomic E-state index is 12.8. The summed E-state index contributed by atoms with van der Waals surface area (Å²) in [5.41, 5.74) is 2.25. The monoisotopic (exact) mass is 352 g/mol. The number of hydrogen-bond acceptors (Lipinski definition) is 5. The molecule has 4 rings (SSSR count). The molecule has 1 aliphatic carbocycles. The number of carbonyl (C=O) groups is 1. The van der Waals surface area contributed by atoms with Gasteiger partial charge >= 0.3 is 0 Å². The van der Waals surface area contributed by atoms with Crippen molar-refractivity contribution in [1.82, 2.24) is 19.7 Å². The molecular weight excluding hydrogens is 332 g/mol. The van der Waals surface area contributed by atoms with E-state index in [0.717, 1.165) is 11.2 Å². The molecule has 7 nitrogen and oxygen atoms in total. The van der Waals surface area contributed by atoms with Gasteiger partial charge in [-0.2, -0.15) is 0 Å². The molecule has 0 radical (unpaired) electrons. The Balaban J connectivity index is 1.57. The molecule has 0 aromatic carbocycles. The average Bonchev–Trinajstić information content (AvgIpc) is 3.11. The number of ether oxygens (including phenoxy) is 1. The Morgan fingerprint density at radius 1 is 1.31 bits per heavy atom. The number of imidazole rings is 1. The van der Waals surface area contributed by atoms with Gasteiger partial charge < -0.3 is 19.6 Å². The molecule has 1 atom stereocenters. The lowest BCUT2D eigenvalue weighted by Gasteiger charge is -2.38. The Labute approximate surface area is 150 Å². The summed E-state index contributed by atoms with van der Waals surface area (Å²) in [6.07, 6.45) is 8.00. The molecule has 2 N–H and O–H groups in total. The van der Waals surface area contributed by atoms with E-state index in [1.165, 1.54) is 0 Å². The van der Waals surface area contributed by atoms with Crippen LogP contribution in [0.25, 0.3) is 5.65 Å². The van der Waals surface area contributed by atoms with Crippen LogP contribution in [0.2, 0.25) is 0 Å². The number of amides is 1. The van der Waals surface area contributed by atoms with Crippen molar-refractivity contribution in [3.8, 4) is 5.88 Å². The number of rotatable bonds is 5. The van der Waals surface area contributed by atoms with Crippen LogP contribution in [0.5, 0.6) is 5.88 Å². The van der Waals surface area contributed by atoms with Crippen molar-refractivity contribution in [2.45, 2.75) is 25.0 Å². The van der Waals surface area contributed by atoms with Gasteiger partial charge in [0.2, 0.25) is 5.88 Å². The van der Waals surface area contributed by atoms with Gasteiger partial charge in [0.25, 0.3) is 5.91 Å². The lowest BCUT2D eigenvalue weighted by molar-refractivity contribution is 0.0234. The highest BCUT2D eigenvalue weighted by atomic mass is 16.5. The van der Waals surface area contributed by atoms with E-state index in [1.54, 1.807) is 44.0 Å². The summed E-state index contributed by atoms with van der Waals surface area (Å²) < 4.78 is 6.91. The Morgan fingerprint density at radius 2 is 2.15 bits per heavy atom. The van der Waals surface area contributed by atoms with E-state index in [0.29, 0.717) is 24.3 Å². The molecule has 3 heterocycles. The van der Waals surface area contributed by atoms with E-state index in [9.17, 15) is 9.90 Å². The molecule has 3 aromatic heterocycles. The summed E-state index contributed by atoms with van der Waals surface area (Å²) in [5.74, 6) is 0.543. The zero-order chi connectivity index (χ0) is 18.1. The van der Waals surface area contributed by atoms with Crippen LogP contribution in [0.1, 0.15) is 34.8 Å².